The lowest BCUT2D eigenvalue weighted by molar-refractivity contribution is 0.126. The molecule has 0 heterocycles. The Balaban J connectivity index is 2.08. The summed E-state index contributed by atoms with van der Waals surface area (Å²) in [6, 6.07) is 8.30. The maximum absolute atomic E-state index is 9.74. The Labute approximate surface area is 78.4 Å². The Morgan fingerprint density at radius 2 is 2.23 bits per heavy atom. The summed E-state index contributed by atoms with van der Waals surface area (Å²) in [6.07, 6.45) is 1.47. The first-order valence-corrected chi connectivity index (χ1v) is 4.79. The fourth-order valence-corrected chi connectivity index (χ4v) is 2.01. The molecule has 0 aromatic heterocycles. The number of nitrogens with two attached hydrogens (primary N) is 1. The van der Waals surface area contributed by atoms with Crippen LogP contribution in [0.3, 0.4) is 0 Å². The molecule has 0 saturated carbocycles. The van der Waals surface area contributed by atoms with E-state index < -0.39 is 0 Å². The number of hydrogen-bond donors (Lipinski definition) is 2. The first kappa shape index (κ1) is 8.73. The van der Waals surface area contributed by atoms with Crippen LogP contribution < -0.4 is 5.73 Å². The Kier molecular flexibility index (Phi) is 2.34. The van der Waals surface area contributed by atoms with Gasteiger partial charge < -0.3 is 10.8 Å². The van der Waals surface area contributed by atoms with Crippen LogP contribution in [0.4, 0.5) is 0 Å². The van der Waals surface area contributed by atoms with E-state index in [1.807, 2.05) is 12.1 Å². The van der Waals surface area contributed by atoms with Crippen molar-refractivity contribution in [1.82, 2.24) is 0 Å². The first-order valence-electron chi connectivity index (χ1n) is 4.79. The van der Waals surface area contributed by atoms with Gasteiger partial charge in [0, 0.05) is 5.92 Å². The van der Waals surface area contributed by atoms with E-state index in [1.165, 1.54) is 11.1 Å². The number of hydrogen-bond acceptors (Lipinski definition) is 2. The molecule has 0 saturated heterocycles. The summed E-state index contributed by atoms with van der Waals surface area (Å²) in [5.41, 5.74) is 8.09. The molecule has 13 heavy (non-hydrogen) atoms. The molecular formula is C11H15NO. The SMILES string of the molecule is NCCC(O)C1Cc2ccccc21. The van der Waals surface area contributed by atoms with Crippen LogP contribution in [-0.4, -0.2) is 17.8 Å². The molecule has 2 rings (SSSR count). The minimum atomic E-state index is -0.250. The summed E-state index contributed by atoms with van der Waals surface area (Å²) < 4.78 is 0. The summed E-state index contributed by atoms with van der Waals surface area (Å²) in [6.45, 7) is 0.569. The van der Waals surface area contributed by atoms with Crippen molar-refractivity contribution in [2.75, 3.05) is 6.54 Å². The Hall–Kier alpha value is -0.860. The van der Waals surface area contributed by atoms with Crippen molar-refractivity contribution in [3.63, 3.8) is 0 Å². The second kappa shape index (κ2) is 3.48. The lowest BCUT2D eigenvalue weighted by Gasteiger charge is -2.33. The van der Waals surface area contributed by atoms with Crippen molar-refractivity contribution in [2.45, 2.75) is 24.9 Å². The molecule has 0 bridgehead atoms. The van der Waals surface area contributed by atoms with Gasteiger partial charge in [0.25, 0.3) is 0 Å². The molecule has 2 unspecified atom stereocenters. The number of aliphatic hydroxyl groups is 1. The van der Waals surface area contributed by atoms with E-state index >= 15 is 0 Å². The van der Waals surface area contributed by atoms with E-state index in [0.717, 1.165) is 6.42 Å². The van der Waals surface area contributed by atoms with Gasteiger partial charge in [0.1, 0.15) is 0 Å². The summed E-state index contributed by atoms with van der Waals surface area (Å²) in [5.74, 6) is 0.333. The largest absolute Gasteiger partial charge is 0.392 e. The van der Waals surface area contributed by atoms with Gasteiger partial charge in [0.15, 0.2) is 0 Å². The van der Waals surface area contributed by atoms with Crippen LogP contribution in [0, 0.1) is 0 Å². The Morgan fingerprint density at radius 3 is 2.92 bits per heavy atom. The van der Waals surface area contributed by atoms with E-state index in [9.17, 15) is 5.11 Å². The van der Waals surface area contributed by atoms with E-state index in [2.05, 4.69) is 12.1 Å². The van der Waals surface area contributed by atoms with E-state index in [-0.39, 0.29) is 6.10 Å². The summed E-state index contributed by atoms with van der Waals surface area (Å²) in [7, 11) is 0. The van der Waals surface area contributed by atoms with E-state index in [0.29, 0.717) is 18.9 Å². The first-order chi connectivity index (χ1) is 6.33. The van der Waals surface area contributed by atoms with Crippen molar-refractivity contribution in [1.29, 1.82) is 0 Å². The van der Waals surface area contributed by atoms with Gasteiger partial charge in [0.2, 0.25) is 0 Å². The molecule has 70 valence electrons. The van der Waals surface area contributed by atoms with Crippen LogP contribution >= 0.6 is 0 Å². The second-order valence-electron chi connectivity index (χ2n) is 3.65. The zero-order chi connectivity index (χ0) is 9.26. The van der Waals surface area contributed by atoms with Gasteiger partial charge in [-0.2, -0.15) is 0 Å². The smallest absolute Gasteiger partial charge is 0.0624 e. The van der Waals surface area contributed by atoms with Gasteiger partial charge in [0.05, 0.1) is 6.10 Å². The van der Waals surface area contributed by atoms with Crippen LogP contribution in [-0.2, 0) is 6.42 Å². The molecule has 1 aliphatic carbocycles. The van der Waals surface area contributed by atoms with E-state index in [1.54, 1.807) is 0 Å². The summed E-state index contributed by atoms with van der Waals surface area (Å²) in [5, 5.41) is 9.74. The molecule has 1 aromatic carbocycles. The summed E-state index contributed by atoms with van der Waals surface area (Å²) in [4.78, 5) is 0. The highest BCUT2D eigenvalue weighted by Gasteiger charge is 2.30. The molecule has 3 N–H and O–H groups in total. The van der Waals surface area contributed by atoms with Crippen LogP contribution in [0.15, 0.2) is 24.3 Å². The van der Waals surface area contributed by atoms with Crippen molar-refractivity contribution in [3.05, 3.63) is 35.4 Å². The standard InChI is InChI=1S/C11H15NO/c12-6-5-11(13)10-7-8-3-1-2-4-9(8)10/h1-4,10-11,13H,5-7,12H2. The van der Waals surface area contributed by atoms with Crippen LogP contribution in [0.25, 0.3) is 0 Å². The molecule has 0 fully saturated rings. The monoisotopic (exact) mass is 177 g/mol. The van der Waals surface area contributed by atoms with Gasteiger partial charge in [-0.1, -0.05) is 24.3 Å². The zero-order valence-electron chi connectivity index (χ0n) is 7.61. The third-order valence-electron chi connectivity index (χ3n) is 2.82. The van der Waals surface area contributed by atoms with Crippen molar-refractivity contribution < 1.29 is 5.11 Å². The highest BCUT2D eigenvalue weighted by molar-refractivity contribution is 5.40. The molecule has 0 radical (unpaired) electrons. The lowest BCUT2D eigenvalue weighted by Crippen LogP contribution is -2.30. The van der Waals surface area contributed by atoms with Crippen LogP contribution in [0.1, 0.15) is 23.5 Å². The van der Waals surface area contributed by atoms with Crippen molar-refractivity contribution >= 4 is 0 Å². The topological polar surface area (TPSA) is 46.2 Å². The normalized spacial score (nSPS) is 21.8. The fraction of sp³-hybridized carbons (Fsp3) is 0.455. The Bertz CT molecular complexity index is 298. The molecular weight excluding hydrogens is 162 g/mol. The van der Waals surface area contributed by atoms with Crippen LogP contribution in [0.5, 0.6) is 0 Å². The predicted octanol–water partition coefficient (Wildman–Crippen LogP) is 1.04. The minimum absolute atomic E-state index is 0.250. The molecule has 0 amide bonds. The van der Waals surface area contributed by atoms with Crippen molar-refractivity contribution in [3.8, 4) is 0 Å². The number of rotatable bonds is 3. The average molecular weight is 177 g/mol. The quantitative estimate of drug-likeness (QED) is 0.724. The van der Waals surface area contributed by atoms with Crippen molar-refractivity contribution in [2.24, 2.45) is 5.73 Å². The molecule has 1 aliphatic rings. The molecule has 0 aliphatic heterocycles. The second-order valence-corrected chi connectivity index (χ2v) is 3.65. The summed E-state index contributed by atoms with van der Waals surface area (Å²) >= 11 is 0. The predicted molar refractivity (Wildman–Crippen MR) is 52.6 cm³/mol. The minimum Gasteiger partial charge on any atom is -0.392 e. The zero-order valence-corrected chi connectivity index (χ0v) is 7.61. The third-order valence-corrected chi connectivity index (χ3v) is 2.82. The maximum atomic E-state index is 9.74. The maximum Gasteiger partial charge on any atom is 0.0624 e. The van der Waals surface area contributed by atoms with Gasteiger partial charge >= 0.3 is 0 Å². The van der Waals surface area contributed by atoms with Gasteiger partial charge in [-0.05, 0) is 30.5 Å². The highest BCUT2D eigenvalue weighted by atomic mass is 16.3. The Morgan fingerprint density at radius 1 is 1.46 bits per heavy atom. The third kappa shape index (κ3) is 1.47. The van der Waals surface area contributed by atoms with Crippen LogP contribution in [0.2, 0.25) is 0 Å². The molecule has 2 heteroatoms. The fourth-order valence-electron chi connectivity index (χ4n) is 2.01. The highest BCUT2D eigenvalue weighted by Crippen LogP contribution is 2.37. The molecule has 2 atom stereocenters. The molecule has 0 spiro atoms. The number of fused-ring (bicyclic) bond motifs is 1. The molecule has 2 nitrogen and oxygen atoms in total. The number of benzene rings is 1. The van der Waals surface area contributed by atoms with Gasteiger partial charge in [-0.25, -0.2) is 0 Å². The van der Waals surface area contributed by atoms with Gasteiger partial charge in [-0.15, -0.1) is 0 Å². The van der Waals surface area contributed by atoms with Gasteiger partial charge in [-0.3, -0.25) is 0 Å². The average Bonchev–Trinajstić information content (AvgIpc) is 2.07. The molecule has 1 aromatic rings. The lowest BCUT2D eigenvalue weighted by atomic mass is 9.74. The number of aliphatic hydroxyl groups excluding tert-OH is 1. The van der Waals surface area contributed by atoms with E-state index in [4.69, 9.17) is 5.73 Å².